The summed E-state index contributed by atoms with van der Waals surface area (Å²) in [5.41, 5.74) is 3.78. The average molecular weight is 350 g/mol. The molecule has 0 saturated carbocycles. The van der Waals surface area contributed by atoms with Gasteiger partial charge in [0.2, 0.25) is 0 Å². The highest BCUT2D eigenvalue weighted by atomic mass is 79.9. The predicted octanol–water partition coefficient (Wildman–Crippen LogP) is 4.12. The van der Waals surface area contributed by atoms with E-state index in [1.165, 1.54) is 17.0 Å². The molecule has 0 amide bonds. The fraction of sp³-hybridized carbons (Fsp3) is 0.471. The van der Waals surface area contributed by atoms with E-state index in [4.69, 9.17) is 0 Å². The van der Waals surface area contributed by atoms with Crippen molar-refractivity contribution in [2.24, 2.45) is 0 Å². The van der Waals surface area contributed by atoms with Crippen molar-refractivity contribution in [3.63, 3.8) is 0 Å². The Labute approximate surface area is 135 Å². The second-order valence-electron chi connectivity index (χ2n) is 5.13. The minimum absolute atomic E-state index is 0.303. The van der Waals surface area contributed by atoms with Gasteiger partial charge < -0.3 is 5.32 Å². The minimum atomic E-state index is 0.303. The molecule has 2 aromatic rings. The lowest BCUT2D eigenvalue weighted by atomic mass is 10.0. The van der Waals surface area contributed by atoms with Crippen LogP contribution in [0.15, 0.2) is 34.8 Å². The van der Waals surface area contributed by atoms with Crippen molar-refractivity contribution in [1.82, 2.24) is 15.1 Å². The molecule has 1 heterocycles. The first-order valence-corrected chi connectivity index (χ1v) is 8.52. The molecule has 0 radical (unpaired) electrons. The average Bonchev–Trinajstić information content (AvgIpc) is 2.89. The maximum Gasteiger partial charge on any atom is 0.0624 e. The van der Waals surface area contributed by atoms with E-state index in [-0.39, 0.29) is 0 Å². The van der Waals surface area contributed by atoms with E-state index in [1.807, 2.05) is 0 Å². The Hall–Kier alpha value is -1.13. The largest absolute Gasteiger partial charge is 0.310 e. The van der Waals surface area contributed by atoms with Crippen LogP contribution >= 0.6 is 15.9 Å². The third-order valence-corrected chi connectivity index (χ3v) is 4.44. The SMILES string of the molecule is CCNC(Cc1cc(CC)nn1CC)c1ccccc1Br. The zero-order chi connectivity index (χ0) is 15.2. The van der Waals surface area contributed by atoms with Crippen LogP contribution in [-0.2, 0) is 19.4 Å². The first kappa shape index (κ1) is 16.2. The van der Waals surface area contributed by atoms with Gasteiger partial charge >= 0.3 is 0 Å². The Bertz CT molecular complexity index is 577. The third-order valence-electron chi connectivity index (χ3n) is 3.72. The van der Waals surface area contributed by atoms with Crippen LogP contribution in [0.4, 0.5) is 0 Å². The van der Waals surface area contributed by atoms with E-state index in [0.29, 0.717) is 6.04 Å². The molecule has 4 heteroatoms. The van der Waals surface area contributed by atoms with Gasteiger partial charge in [-0.1, -0.05) is 48.0 Å². The van der Waals surface area contributed by atoms with Crippen LogP contribution in [-0.4, -0.2) is 16.3 Å². The summed E-state index contributed by atoms with van der Waals surface area (Å²) in [6.07, 6.45) is 1.94. The van der Waals surface area contributed by atoms with Gasteiger partial charge in [0.05, 0.1) is 5.69 Å². The van der Waals surface area contributed by atoms with E-state index < -0.39 is 0 Å². The van der Waals surface area contributed by atoms with Gasteiger partial charge in [0, 0.05) is 29.2 Å². The van der Waals surface area contributed by atoms with Gasteiger partial charge in [0.15, 0.2) is 0 Å². The standard InChI is InChI=1S/C17H24BrN3/c1-4-13-11-14(21(6-3)20-13)12-17(19-5-2)15-9-7-8-10-16(15)18/h7-11,17,19H,4-6,12H2,1-3H3. The van der Waals surface area contributed by atoms with Crippen molar-refractivity contribution in [2.75, 3.05) is 6.54 Å². The lowest BCUT2D eigenvalue weighted by Crippen LogP contribution is -2.24. The highest BCUT2D eigenvalue weighted by Gasteiger charge is 2.17. The quantitative estimate of drug-likeness (QED) is 0.814. The van der Waals surface area contributed by atoms with E-state index in [0.717, 1.165) is 30.4 Å². The highest BCUT2D eigenvalue weighted by Crippen LogP contribution is 2.26. The summed E-state index contributed by atoms with van der Waals surface area (Å²) in [5.74, 6) is 0. The highest BCUT2D eigenvalue weighted by molar-refractivity contribution is 9.10. The molecule has 21 heavy (non-hydrogen) atoms. The molecule has 0 aliphatic rings. The minimum Gasteiger partial charge on any atom is -0.310 e. The van der Waals surface area contributed by atoms with Gasteiger partial charge in [-0.05, 0) is 37.6 Å². The van der Waals surface area contributed by atoms with Crippen LogP contribution in [0.25, 0.3) is 0 Å². The maximum absolute atomic E-state index is 4.65. The molecule has 0 aliphatic heterocycles. The van der Waals surface area contributed by atoms with Crippen LogP contribution < -0.4 is 5.32 Å². The summed E-state index contributed by atoms with van der Waals surface area (Å²) in [4.78, 5) is 0. The van der Waals surface area contributed by atoms with Crippen molar-refractivity contribution in [1.29, 1.82) is 0 Å². The van der Waals surface area contributed by atoms with Crippen LogP contribution in [0.1, 0.15) is 43.8 Å². The van der Waals surface area contributed by atoms with E-state index in [1.54, 1.807) is 0 Å². The zero-order valence-electron chi connectivity index (χ0n) is 13.1. The molecule has 1 N–H and O–H groups in total. The van der Waals surface area contributed by atoms with E-state index >= 15 is 0 Å². The summed E-state index contributed by atoms with van der Waals surface area (Å²) in [7, 11) is 0. The second kappa shape index (κ2) is 7.76. The normalized spacial score (nSPS) is 12.6. The third kappa shape index (κ3) is 3.95. The van der Waals surface area contributed by atoms with Gasteiger partial charge in [0.1, 0.15) is 0 Å². The number of aryl methyl sites for hydroxylation is 2. The summed E-state index contributed by atoms with van der Waals surface area (Å²) >= 11 is 3.67. The van der Waals surface area contributed by atoms with Crippen molar-refractivity contribution in [2.45, 2.75) is 46.2 Å². The number of hydrogen-bond donors (Lipinski definition) is 1. The number of benzene rings is 1. The Balaban J connectivity index is 2.28. The predicted molar refractivity (Wildman–Crippen MR) is 91.5 cm³/mol. The molecule has 1 aromatic carbocycles. The van der Waals surface area contributed by atoms with Crippen molar-refractivity contribution in [3.05, 3.63) is 51.8 Å². The van der Waals surface area contributed by atoms with Crippen LogP contribution in [0, 0.1) is 0 Å². The molecule has 2 rings (SSSR count). The number of nitrogens with zero attached hydrogens (tertiary/aromatic N) is 2. The van der Waals surface area contributed by atoms with E-state index in [2.05, 4.69) is 82.1 Å². The summed E-state index contributed by atoms with van der Waals surface area (Å²) in [5, 5.41) is 8.25. The molecular formula is C17H24BrN3. The summed E-state index contributed by atoms with van der Waals surface area (Å²) in [6.45, 7) is 8.33. The van der Waals surface area contributed by atoms with Crippen molar-refractivity contribution >= 4 is 15.9 Å². The number of rotatable bonds is 7. The van der Waals surface area contributed by atoms with Crippen molar-refractivity contribution < 1.29 is 0 Å². The Morgan fingerprint density at radius 2 is 2.00 bits per heavy atom. The molecule has 1 atom stereocenters. The Kier molecular flexibility index (Phi) is 6.00. The number of likely N-dealkylation sites (N-methyl/N-ethyl adjacent to an activating group) is 1. The fourth-order valence-electron chi connectivity index (χ4n) is 2.63. The van der Waals surface area contributed by atoms with Crippen molar-refractivity contribution in [3.8, 4) is 0 Å². The molecule has 1 unspecified atom stereocenters. The lowest BCUT2D eigenvalue weighted by Gasteiger charge is -2.20. The smallest absolute Gasteiger partial charge is 0.0624 e. The first-order chi connectivity index (χ1) is 10.2. The molecule has 3 nitrogen and oxygen atoms in total. The Morgan fingerprint density at radius 1 is 1.24 bits per heavy atom. The van der Waals surface area contributed by atoms with E-state index in [9.17, 15) is 0 Å². The number of halogens is 1. The Morgan fingerprint density at radius 3 is 2.62 bits per heavy atom. The fourth-order valence-corrected chi connectivity index (χ4v) is 3.19. The molecule has 0 fully saturated rings. The van der Waals surface area contributed by atoms with Gasteiger partial charge in [-0.25, -0.2) is 0 Å². The first-order valence-electron chi connectivity index (χ1n) is 7.72. The zero-order valence-corrected chi connectivity index (χ0v) is 14.7. The molecule has 114 valence electrons. The van der Waals surface area contributed by atoms with Gasteiger partial charge in [-0.15, -0.1) is 0 Å². The van der Waals surface area contributed by atoms with Gasteiger partial charge in [-0.3, -0.25) is 4.68 Å². The summed E-state index contributed by atoms with van der Waals surface area (Å²) in [6, 6.07) is 11.0. The maximum atomic E-state index is 4.65. The molecule has 0 spiro atoms. The second-order valence-corrected chi connectivity index (χ2v) is 5.99. The monoisotopic (exact) mass is 349 g/mol. The molecule has 0 bridgehead atoms. The molecular weight excluding hydrogens is 326 g/mol. The van der Waals surface area contributed by atoms with Gasteiger partial charge in [0.25, 0.3) is 0 Å². The molecule has 0 aliphatic carbocycles. The topological polar surface area (TPSA) is 29.9 Å². The van der Waals surface area contributed by atoms with Crippen LogP contribution in [0.3, 0.4) is 0 Å². The van der Waals surface area contributed by atoms with Crippen LogP contribution in [0.5, 0.6) is 0 Å². The number of nitrogens with one attached hydrogen (secondary N) is 1. The summed E-state index contributed by atoms with van der Waals surface area (Å²) < 4.78 is 3.29. The lowest BCUT2D eigenvalue weighted by molar-refractivity contribution is 0.514. The number of hydrogen-bond acceptors (Lipinski definition) is 2. The van der Waals surface area contributed by atoms with Crippen LogP contribution in [0.2, 0.25) is 0 Å². The molecule has 1 aromatic heterocycles. The number of aromatic nitrogens is 2. The molecule has 0 saturated heterocycles. The van der Waals surface area contributed by atoms with Gasteiger partial charge in [-0.2, -0.15) is 5.10 Å².